The molecule has 0 saturated carbocycles. The summed E-state index contributed by atoms with van der Waals surface area (Å²) in [5.74, 6) is -2.05. The fourth-order valence-electron chi connectivity index (χ4n) is 2.52. The average Bonchev–Trinajstić information content (AvgIpc) is 2.46. The van der Waals surface area contributed by atoms with Gasteiger partial charge in [0.15, 0.2) is 0 Å². The first-order valence-electron chi connectivity index (χ1n) is 7.67. The Morgan fingerprint density at radius 2 is 1.83 bits per heavy atom. The molecule has 0 atom stereocenters. The molecule has 6 nitrogen and oxygen atoms in total. The van der Waals surface area contributed by atoms with Gasteiger partial charge in [0.05, 0.1) is 6.54 Å². The van der Waals surface area contributed by atoms with Crippen molar-refractivity contribution < 1.29 is 22.0 Å². The van der Waals surface area contributed by atoms with Crippen LogP contribution in [0.2, 0.25) is 0 Å². The lowest BCUT2D eigenvalue weighted by Crippen LogP contribution is -2.51. The van der Waals surface area contributed by atoms with Crippen LogP contribution in [0.15, 0.2) is 23.1 Å². The third-order valence-electron chi connectivity index (χ3n) is 3.66. The highest BCUT2D eigenvalue weighted by Gasteiger charge is 2.31. The molecule has 0 spiro atoms. The summed E-state index contributed by atoms with van der Waals surface area (Å²) in [5, 5.41) is 2.77. The first-order chi connectivity index (χ1) is 11.2. The van der Waals surface area contributed by atoms with E-state index in [2.05, 4.69) is 5.32 Å². The highest BCUT2D eigenvalue weighted by atomic mass is 32.2. The van der Waals surface area contributed by atoms with E-state index in [1.165, 1.54) is 0 Å². The molecule has 0 radical (unpaired) electrons. The first kappa shape index (κ1) is 18.8. The molecule has 1 aromatic rings. The highest BCUT2D eigenvalue weighted by Crippen LogP contribution is 2.21. The summed E-state index contributed by atoms with van der Waals surface area (Å²) in [7, 11) is -4.02. The third-order valence-corrected chi connectivity index (χ3v) is 5.59. The van der Waals surface area contributed by atoms with Crippen LogP contribution in [0.4, 0.5) is 8.78 Å². The second-order valence-electron chi connectivity index (χ2n) is 5.98. The molecule has 1 fully saturated rings. The molecule has 1 aliphatic rings. The van der Waals surface area contributed by atoms with Crippen LogP contribution in [0.5, 0.6) is 0 Å². The number of hydrogen-bond donors (Lipinski definition) is 1. The van der Waals surface area contributed by atoms with Crippen molar-refractivity contribution in [3.05, 3.63) is 29.8 Å². The minimum absolute atomic E-state index is 0.0422. The van der Waals surface area contributed by atoms with E-state index in [0.717, 1.165) is 16.4 Å². The normalized spacial score (nSPS) is 17.2. The topological polar surface area (TPSA) is 69.7 Å². The Kier molecular flexibility index (Phi) is 5.89. The number of amides is 1. The molecular formula is C15H21F2N3O3S. The van der Waals surface area contributed by atoms with Crippen molar-refractivity contribution in [1.82, 2.24) is 14.5 Å². The van der Waals surface area contributed by atoms with Gasteiger partial charge in [0.2, 0.25) is 15.9 Å². The molecule has 0 aliphatic carbocycles. The molecule has 2 rings (SSSR count). The van der Waals surface area contributed by atoms with Crippen molar-refractivity contribution in [2.24, 2.45) is 0 Å². The van der Waals surface area contributed by atoms with Crippen LogP contribution in [-0.4, -0.2) is 62.3 Å². The zero-order valence-electron chi connectivity index (χ0n) is 13.6. The van der Waals surface area contributed by atoms with Gasteiger partial charge in [0, 0.05) is 38.3 Å². The summed E-state index contributed by atoms with van der Waals surface area (Å²) in [6.07, 6.45) is 0. The number of hydrogen-bond acceptors (Lipinski definition) is 4. The Hall–Kier alpha value is -1.58. The molecule has 1 heterocycles. The van der Waals surface area contributed by atoms with E-state index in [-0.39, 0.29) is 31.6 Å². The standard InChI is InChI=1S/C15H21F2N3O3S/c1-11(2)18-15(21)10-19-5-7-20(8-6-19)24(22,23)14-4-3-12(16)9-13(14)17/h3-4,9,11H,5-8,10H2,1-2H3,(H,18,21). The number of nitrogens with zero attached hydrogens (tertiary/aromatic N) is 2. The third kappa shape index (κ3) is 4.49. The van der Waals surface area contributed by atoms with Crippen LogP contribution < -0.4 is 5.32 Å². The predicted molar refractivity (Wildman–Crippen MR) is 84.8 cm³/mol. The molecule has 24 heavy (non-hydrogen) atoms. The molecular weight excluding hydrogens is 340 g/mol. The quantitative estimate of drug-likeness (QED) is 0.842. The summed E-state index contributed by atoms with van der Waals surface area (Å²) in [6.45, 7) is 4.94. The van der Waals surface area contributed by atoms with Gasteiger partial charge in [-0.25, -0.2) is 17.2 Å². The zero-order valence-corrected chi connectivity index (χ0v) is 14.4. The van der Waals surface area contributed by atoms with Gasteiger partial charge in [-0.2, -0.15) is 4.31 Å². The molecule has 1 aromatic carbocycles. The van der Waals surface area contributed by atoms with Gasteiger partial charge in [-0.05, 0) is 26.0 Å². The Bertz CT molecular complexity index is 702. The number of halogens is 2. The monoisotopic (exact) mass is 361 g/mol. The summed E-state index contributed by atoms with van der Waals surface area (Å²) in [6, 6.07) is 2.45. The maximum absolute atomic E-state index is 13.8. The average molecular weight is 361 g/mol. The van der Waals surface area contributed by atoms with E-state index < -0.39 is 26.6 Å². The molecule has 1 amide bonds. The Balaban J connectivity index is 1.99. The maximum atomic E-state index is 13.8. The van der Waals surface area contributed by atoms with Gasteiger partial charge >= 0.3 is 0 Å². The number of nitrogens with one attached hydrogen (secondary N) is 1. The molecule has 1 saturated heterocycles. The van der Waals surface area contributed by atoms with Gasteiger partial charge in [0.25, 0.3) is 0 Å². The SMILES string of the molecule is CC(C)NC(=O)CN1CCN(S(=O)(=O)c2ccc(F)cc2F)CC1. The van der Waals surface area contributed by atoms with Gasteiger partial charge in [-0.15, -0.1) is 0 Å². The van der Waals surface area contributed by atoms with Crippen LogP contribution in [0, 0.1) is 11.6 Å². The van der Waals surface area contributed by atoms with Gasteiger partial charge in [-0.1, -0.05) is 0 Å². The van der Waals surface area contributed by atoms with Crippen LogP contribution in [0.3, 0.4) is 0 Å². The Morgan fingerprint density at radius 1 is 1.21 bits per heavy atom. The summed E-state index contributed by atoms with van der Waals surface area (Å²) >= 11 is 0. The van der Waals surface area contributed by atoms with Crippen LogP contribution >= 0.6 is 0 Å². The van der Waals surface area contributed by atoms with E-state index in [1.54, 1.807) is 0 Å². The van der Waals surface area contributed by atoms with Crippen LogP contribution in [0.25, 0.3) is 0 Å². The largest absolute Gasteiger partial charge is 0.353 e. The van der Waals surface area contributed by atoms with Gasteiger partial charge < -0.3 is 5.32 Å². The second kappa shape index (κ2) is 7.54. The molecule has 1 N–H and O–H groups in total. The number of sulfonamides is 1. The minimum Gasteiger partial charge on any atom is -0.353 e. The molecule has 9 heteroatoms. The Labute approximate surface area is 140 Å². The van der Waals surface area contributed by atoms with Gasteiger partial charge in [-0.3, -0.25) is 9.69 Å². The molecule has 0 aromatic heterocycles. The summed E-state index contributed by atoms with van der Waals surface area (Å²) in [5.41, 5.74) is 0. The van der Waals surface area contributed by atoms with E-state index >= 15 is 0 Å². The second-order valence-corrected chi connectivity index (χ2v) is 7.88. The highest BCUT2D eigenvalue weighted by molar-refractivity contribution is 7.89. The first-order valence-corrected chi connectivity index (χ1v) is 9.11. The van der Waals surface area contributed by atoms with E-state index in [0.29, 0.717) is 19.2 Å². The van der Waals surface area contributed by atoms with Crippen molar-refractivity contribution in [1.29, 1.82) is 0 Å². The molecule has 134 valence electrons. The molecule has 0 bridgehead atoms. The summed E-state index contributed by atoms with van der Waals surface area (Å²) < 4.78 is 52.8. The van der Waals surface area contributed by atoms with Gasteiger partial charge in [0.1, 0.15) is 16.5 Å². The Morgan fingerprint density at radius 3 is 2.38 bits per heavy atom. The van der Waals surface area contributed by atoms with Crippen molar-refractivity contribution >= 4 is 15.9 Å². The summed E-state index contributed by atoms with van der Waals surface area (Å²) in [4.78, 5) is 13.0. The van der Waals surface area contributed by atoms with Crippen LogP contribution in [-0.2, 0) is 14.8 Å². The fourth-order valence-corrected chi connectivity index (χ4v) is 3.99. The zero-order chi connectivity index (χ0) is 17.9. The smallest absolute Gasteiger partial charge is 0.246 e. The molecule has 1 aliphatic heterocycles. The number of carbonyl (C=O) groups is 1. The number of rotatable bonds is 5. The van der Waals surface area contributed by atoms with Crippen molar-refractivity contribution in [3.63, 3.8) is 0 Å². The fraction of sp³-hybridized carbons (Fsp3) is 0.533. The maximum Gasteiger partial charge on any atom is 0.246 e. The number of carbonyl (C=O) groups excluding carboxylic acids is 1. The lowest BCUT2D eigenvalue weighted by atomic mass is 10.3. The van der Waals surface area contributed by atoms with Crippen molar-refractivity contribution in [2.75, 3.05) is 32.7 Å². The lowest BCUT2D eigenvalue weighted by Gasteiger charge is -2.33. The van der Waals surface area contributed by atoms with E-state index in [4.69, 9.17) is 0 Å². The molecule has 0 unspecified atom stereocenters. The van der Waals surface area contributed by atoms with E-state index in [9.17, 15) is 22.0 Å². The number of benzene rings is 1. The van der Waals surface area contributed by atoms with Crippen LogP contribution in [0.1, 0.15) is 13.8 Å². The van der Waals surface area contributed by atoms with Crippen molar-refractivity contribution in [3.8, 4) is 0 Å². The number of piperazine rings is 1. The lowest BCUT2D eigenvalue weighted by molar-refractivity contribution is -0.123. The predicted octanol–water partition coefficient (Wildman–Crippen LogP) is 0.796. The van der Waals surface area contributed by atoms with E-state index in [1.807, 2.05) is 18.7 Å². The van der Waals surface area contributed by atoms with Crippen molar-refractivity contribution in [2.45, 2.75) is 24.8 Å². The minimum atomic E-state index is -4.02.